The fourth-order valence-corrected chi connectivity index (χ4v) is 4.80. The summed E-state index contributed by atoms with van der Waals surface area (Å²) in [6, 6.07) is 0. The number of fused-ring (bicyclic) bond motifs is 3. The Balaban J connectivity index is 1.98. The summed E-state index contributed by atoms with van der Waals surface area (Å²) in [6.07, 6.45) is 3.33. The van der Waals surface area contributed by atoms with E-state index in [0.29, 0.717) is 30.1 Å². The van der Waals surface area contributed by atoms with Crippen molar-refractivity contribution in [1.29, 1.82) is 0 Å². The first-order valence-electron chi connectivity index (χ1n) is 6.64. The van der Waals surface area contributed by atoms with Gasteiger partial charge in [-0.1, -0.05) is 20.8 Å². The summed E-state index contributed by atoms with van der Waals surface area (Å²) >= 11 is 0. The van der Waals surface area contributed by atoms with E-state index in [0.717, 1.165) is 18.8 Å². The Morgan fingerprint density at radius 3 is 2.62 bits per heavy atom. The van der Waals surface area contributed by atoms with Gasteiger partial charge in [0.1, 0.15) is 5.60 Å². The SMILES string of the molecule is C[C@@H]1CCC(=O)[C@@]2(O)CCC3C([C@H]12)C3(C)C. The molecule has 0 amide bonds. The standard InChI is InChI=1S/C14H22O2/c1-8-4-5-10(15)14(16)7-6-9-12(11(8)14)13(9,2)3/h8-9,11-12,16H,4-7H2,1-3H3/t8-,9?,11+,12?,14+/m1/s1. The van der Waals surface area contributed by atoms with Crippen molar-refractivity contribution < 1.29 is 9.90 Å². The van der Waals surface area contributed by atoms with Crippen molar-refractivity contribution in [3.8, 4) is 0 Å². The lowest BCUT2D eigenvalue weighted by Crippen LogP contribution is -2.54. The monoisotopic (exact) mass is 222 g/mol. The molecule has 3 aliphatic carbocycles. The van der Waals surface area contributed by atoms with Crippen molar-refractivity contribution in [3.05, 3.63) is 0 Å². The van der Waals surface area contributed by atoms with Crippen LogP contribution in [0.1, 0.15) is 46.5 Å². The van der Waals surface area contributed by atoms with Crippen LogP contribution >= 0.6 is 0 Å². The molecule has 1 N–H and O–H groups in total. The first-order chi connectivity index (χ1) is 7.39. The minimum absolute atomic E-state index is 0.122. The highest BCUT2D eigenvalue weighted by atomic mass is 16.3. The van der Waals surface area contributed by atoms with E-state index in [9.17, 15) is 9.90 Å². The van der Waals surface area contributed by atoms with Crippen LogP contribution in [-0.2, 0) is 4.79 Å². The molecule has 2 nitrogen and oxygen atoms in total. The first-order valence-corrected chi connectivity index (χ1v) is 6.64. The summed E-state index contributed by atoms with van der Waals surface area (Å²) in [6.45, 7) is 6.83. The third kappa shape index (κ3) is 1.09. The van der Waals surface area contributed by atoms with Crippen molar-refractivity contribution in [2.75, 3.05) is 0 Å². The molecule has 3 aliphatic rings. The van der Waals surface area contributed by atoms with Crippen LogP contribution in [0.5, 0.6) is 0 Å². The number of hydrogen-bond acceptors (Lipinski definition) is 2. The minimum atomic E-state index is -0.966. The first kappa shape index (κ1) is 10.8. The van der Waals surface area contributed by atoms with Gasteiger partial charge in [0.25, 0.3) is 0 Å². The average molecular weight is 222 g/mol. The molecule has 0 spiro atoms. The molecule has 0 radical (unpaired) electrons. The van der Waals surface area contributed by atoms with Crippen molar-refractivity contribution in [2.24, 2.45) is 29.1 Å². The molecule has 16 heavy (non-hydrogen) atoms. The summed E-state index contributed by atoms with van der Waals surface area (Å²) in [4.78, 5) is 12.0. The third-order valence-electron chi connectivity index (χ3n) is 5.84. The van der Waals surface area contributed by atoms with Gasteiger partial charge in [-0.3, -0.25) is 4.79 Å². The Morgan fingerprint density at radius 1 is 1.25 bits per heavy atom. The lowest BCUT2D eigenvalue weighted by Gasteiger charge is -2.45. The fraction of sp³-hybridized carbons (Fsp3) is 0.929. The molecule has 3 fully saturated rings. The Morgan fingerprint density at radius 2 is 1.94 bits per heavy atom. The van der Waals surface area contributed by atoms with Gasteiger partial charge in [0.2, 0.25) is 0 Å². The van der Waals surface area contributed by atoms with Crippen LogP contribution in [0.2, 0.25) is 0 Å². The second-order valence-corrected chi connectivity index (χ2v) is 6.88. The molecule has 0 bridgehead atoms. The number of ketones is 1. The van der Waals surface area contributed by atoms with Crippen LogP contribution in [0, 0.1) is 29.1 Å². The number of Topliss-reactive ketones (excluding diaryl/α,β-unsaturated/α-hetero) is 1. The van der Waals surface area contributed by atoms with Crippen LogP contribution in [0.25, 0.3) is 0 Å². The van der Waals surface area contributed by atoms with Crippen molar-refractivity contribution in [1.82, 2.24) is 0 Å². The van der Waals surface area contributed by atoms with Crippen molar-refractivity contribution in [2.45, 2.75) is 52.1 Å². The lowest BCUT2D eigenvalue weighted by atomic mass is 9.62. The number of carbonyl (C=O) groups is 1. The maximum atomic E-state index is 12.0. The van der Waals surface area contributed by atoms with Gasteiger partial charge in [-0.2, -0.15) is 0 Å². The Bertz CT molecular complexity index is 347. The summed E-state index contributed by atoms with van der Waals surface area (Å²) in [5, 5.41) is 10.7. The smallest absolute Gasteiger partial charge is 0.164 e. The van der Waals surface area contributed by atoms with E-state index in [4.69, 9.17) is 0 Å². The maximum absolute atomic E-state index is 12.0. The topological polar surface area (TPSA) is 37.3 Å². The van der Waals surface area contributed by atoms with E-state index in [1.54, 1.807) is 0 Å². The summed E-state index contributed by atoms with van der Waals surface area (Å²) < 4.78 is 0. The van der Waals surface area contributed by atoms with Gasteiger partial charge in [-0.05, 0) is 42.4 Å². The molecule has 0 aliphatic heterocycles. The van der Waals surface area contributed by atoms with Gasteiger partial charge in [-0.15, -0.1) is 0 Å². The van der Waals surface area contributed by atoms with Crippen LogP contribution in [0.4, 0.5) is 0 Å². The highest BCUT2D eigenvalue weighted by Crippen LogP contribution is 2.71. The van der Waals surface area contributed by atoms with E-state index in [-0.39, 0.29) is 11.7 Å². The van der Waals surface area contributed by atoms with E-state index in [1.807, 2.05) is 0 Å². The van der Waals surface area contributed by atoms with Gasteiger partial charge in [0.05, 0.1) is 0 Å². The summed E-state index contributed by atoms with van der Waals surface area (Å²) in [7, 11) is 0. The molecular formula is C14H22O2. The Hall–Kier alpha value is -0.370. The van der Waals surface area contributed by atoms with Crippen LogP contribution in [0.3, 0.4) is 0 Å². The second kappa shape index (κ2) is 2.90. The zero-order valence-corrected chi connectivity index (χ0v) is 10.5. The van der Waals surface area contributed by atoms with Gasteiger partial charge in [0, 0.05) is 12.3 Å². The molecule has 2 unspecified atom stereocenters. The maximum Gasteiger partial charge on any atom is 0.164 e. The predicted molar refractivity (Wildman–Crippen MR) is 61.8 cm³/mol. The molecule has 0 aromatic heterocycles. The van der Waals surface area contributed by atoms with Crippen molar-refractivity contribution >= 4 is 5.78 Å². The highest BCUT2D eigenvalue weighted by molar-refractivity contribution is 5.88. The molecule has 0 saturated heterocycles. The zero-order valence-electron chi connectivity index (χ0n) is 10.5. The minimum Gasteiger partial charge on any atom is -0.382 e. The quantitative estimate of drug-likeness (QED) is 0.683. The molecule has 0 aromatic rings. The van der Waals surface area contributed by atoms with E-state index in [1.165, 1.54) is 0 Å². The van der Waals surface area contributed by atoms with Crippen LogP contribution < -0.4 is 0 Å². The molecule has 0 aromatic carbocycles. The molecule has 90 valence electrons. The number of rotatable bonds is 0. The number of hydrogen-bond donors (Lipinski definition) is 1. The zero-order chi connectivity index (χ0) is 11.7. The number of aliphatic hydroxyl groups is 1. The Kier molecular flexibility index (Phi) is 1.95. The average Bonchev–Trinajstić information content (AvgIpc) is 2.76. The van der Waals surface area contributed by atoms with E-state index < -0.39 is 5.60 Å². The van der Waals surface area contributed by atoms with Crippen LogP contribution in [-0.4, -0.2) is 16.5 Å². The van der Waals surface area contributed by atoms with Gasteiger partial charge >= 0.3 is 0 Å². The van der Waals surface area contributed by atoms with Gasteiger partial charge < -0.3 is 5.11 Å². The van der Waals surface area contributed by atoms with E-state index >= 15 is 0 Å². The Labute approximate surface area is 97.4 Å². The molecular weight excluding hydrogens is 200 g/mol. The lowest BCUT2D eigenvalue weighted by molar-refractivity contribution is -0.159. The molecule has 5 atom stereocenters. The van der Waals surface area contributed by atoms with Gasteiger partial charge in [-0.25, -0.2) is 0 Å². The summed E-state index contributed by atoms with van der Waals surface area (Å²) in [5.74, 6) is 2.22. The number of carbonyl (C=O) groups excluding carboxylic acids is 1. The fourth-order valence-electron chi connectivity index (χ4n) is 4.80. The van der Waals surface area contributed by atoms with E-state index in [2.05, 4.69) is 20.8 Å². The predicted octanol–water partition coefficient (Wildman–Crippen LogP) is 2.40. The largest absolute Gasteiger partial charge is 0.382 e. The molecule has 2 heteroatoms. The third-order valence-corrected chi connectivity index (χ3v) is 5.84. The van der Waals surface area contributed by atoms with Gasteiger partial charge in [0.15, 0.2) is 5.78 Å². The molecule has 0 heterocycles. The highest BCUT2D eigenvalue weighted by Gasteiger charge is 2.70. The molecule has 3 rings (SSSR count). The van der Waals surface area contributed by atoms with Crippen molar-refractivity contribution in [3.63, 3.8) is 0 Å². The van der Waals surface area contributed by atoms with Crippen LogP contribution in [0.15, 0.2) is 0 Å². The summed E-state index contributed by atoms with van der Waals surface area (Å²) in [5.41, 5.74) is -0.604. The normalized spacial score (nSPS) is 54.1. The molecule has 3 saturated carbocycles. The second-order valence-electron chi connectivity index (χ2n) is 6.88.